The Bertz CT molecular complexity index is 1070. The van der Waals surface area contributed by atoms with E-state index in [0.717, 1.165) is 46.5 Å². The number of sulfonamides is 1. The first kappa shape index (κ1) is 27.4. The number of rotatable bonds is 12. The summed E-state index contributed by atoms with van der Waals surface area (Å²) in [6.07, 6.45) is 3.70. The number of nitrogens with zero attached hydrogens (tertiary/aromatic N) is 2. The zero-order valence-electron chi connectivity index (χ0n) is 20.9. The van der Waals surface area contributed by atoms with Crippen LogP contribution in [-0.2, 0) is 32.6 Å². The van der Waals surface area contributed by atoms with Crippen LogP contribution < -0.4 is 9.62 Å². The molecule has 0 spiro atoms. The summed E-state index contributed by atoms with van der Waals surface area (Å²) in [5.41, 5.74) is 3.41. The SMILES string of the molecule is CCCCNC(=O)[C@@H](C)N(Cc1cccc(C)c1)C(=O)CN(c1ccc(CC)cc1)S(C)(=O)=O. The molecule has 2 aromatic carbocycles. The molecule has 0 aliphatic rings. The van der Waals surface area contributed by atoms with E-state index in [1.807, 2.05) is 57.2 Å². The average molecular weight is 488 g/mol. The second-order valence-corrected chi connectivity index (χ2v) is 10.5. The highest BCUT2D eigenvalue weighted by Gasteiger charge is 2.30. The van der Waals surface area contributed by atoms with E-state index >= 15 is 0 Å². The molecular weight excluding hydrogens is 450 g/mol. The maximum Gasteiger partial charge on any atom is 0.244 e. The molecule has 0 saturated heterocycles. The molecule has 0 heterocycles. The molecule has 2 rings (SSSR count). The van der Waals surface area contributed by atoms with Crippen LogP contribution in [0.4, 0.5) is 5.69 Å². The number of unbranched alkanes of at least 4 members (excludes halogenated alkanes) is 1. The van der Waals surface area contributed by atoms with Gasteiger partial charge in [-0.2, -0.15) is 0 Å². The lowest BCUT2D eigenvalue weighted by Crippen LogP contribution is -2.51. The Morgan fingerprint density at radius 2 is 1.71 bits per heavy atom. The lowest BCUT2D eigenvalue weighted by atomic mass is 10.1. The molecule has 1 atom stereocenters. The normalized spacial score (nSPS) is 12.1. The van der Waals surface area contributed by atoms with Crippen LogP contribution in [0.15, 0.2) is 48.5 Å². The molecule has 8 heteroatoms. The van der Waals surface area contributed by atoms with Crippen molar-refractivity contribution < 1.29 is 18.0 Å². The summed E-state index contributed by atoms with van der Waals surface area (Å²) in [5, 5.41) is 2.88. The number of anilines is 1. The summed E-state index contributed by atoms with van der Waals surface area (Å²) in [6, 6.07) is 14.1. The number of amides is 2. The van der Waals surface area contributed by atoms with E-state index in [-0.39, 0.29) is 19.0 Å². The predicted molar refractivity (Wildman–Crippen MR) is 137 cm³/mol. The third kappa shape index (κ3) is 7.87. The highest BCUT2D eigenvalue weighted by Crippen LogP contribution is 2.20. The molecule has 0 aromatic heterocycles. The summed E-state index contributed by atoms with van der Waals surface area (Å²) in [7, 11) is -3.72. The zero-order valence-corrected chi connectivity index (χ0v) is 21.7. The number of benzene rings is 2. The minimum Gasteiger partial charge on any atom is -0.354 e. The molecule has 2 aromatic rings. The highest BCUT2D eigenvalue weighted by molar-refractivity contribution is 7.92. The first-order valence-corrected chi connectivity index (χ1v) is 13.6. The van der Waals surface area contributed by atoms with Gasteiger partial charge < -0.3 is 10.2 Å². The van der Waals surface area contributed by atoms with E-state index in [1.54, 1.807) is 19.1 Å². The standard InChI is InChI=1S/C26H37N3O4S/c1-6-8-16-27-26(31)21(4)28(18-23-11-9-10-20(3)17-23)25(30)19-29(34(5,32)33)24-14-12-22(7-2)13-15-24/h9-15,17,21H,6-8,16,18-19H2,1-5H3,(H,27,31)/t21-/m1/s1. The van der Waals surface area contributed by atoms with Crippen molar-refractivity contribution in [2.24, 2.45) is 0 Å². The number of aryl methyl sites for hydroxylation is 2. The van der Waals surface area contributed by atoms with Gasteiger partial charge in [-0.25, -0.2) is 8.42 Å². The molecule has 0 aliphatic heterocycles. The minimum absolute atomic E-state index is 0.204. The molecule has 0 bridgehead atoms. The van der Waals surface area contributed by atoms with Crippen molar-refractivity contribution in [1.29, 1.82) is 0 Å². The average Bonchev–Trinajstić information content (AvgIpc) is 2.80. The van der Waals surface area contributed by atoms with Crippen molar-refractivity contribution >= 4 is 27.5 Å². The highest BCUT2D eigenvalue weighted by atomic mass is 32.2. The Kier molecular flexibility index (Phi) is 10.1. The molecule has 0 unspecified atom stereocenters. The Hall–Kier alpha value is -2.87. The summed E-state index contributed by atoms with van der Waals surface area (Å²) < 4.78 is 26.3. The molecule has 34 heavy (non-hydrogen) atoms. The summed E-state index contributed by atoms with van der Waals surface area (Å²) in [6.45, 7) is 8.04. The van der Waals surface area contributed by atoms with Crippen LogP contribution in [0.2, 0.25) is 0 Å². The largest absolute Gasteiger partial charge is 0.354 e. The third-order valence-electron chi connectivity index (χ3n) is 5.74. The molecule has 7 nitrogen and oxygen atoms in total. The van der Waals surface area contributed by atoms with Gasteiger partial charge in [-0.1, -0.05) is 62.2 Å². The van der Waals surface area contributed by atoms with E-state index in [4.69, 9.17) is 0 Å². The number of nitrogens with one attached hydrogen (secondary N) is 1. The van der Waals surface area contributed by atoms with E-state index in [1.165, 1.54) is 4.90 Å². The van der Waals surface area contributed by atoms with Crippen molar-refractivity contribution in [1.82, 2.24) is 10.2 Å². The van der Waals surface area contributed by atoms with Crippen molar-refractivity contribution in [3.63, 3.8) is 0 Å². The molecule has 0 aliphatic carbocycles. The monoisotopic (exact) mass is 487 g/mol. The fraction of sp³-hybridized carbons (Fsp3) is 0.462. The second-order valence-electron chi connectivity index (χ2n) is 8.62. The summed E-state index contributed by atoms with van der Waals surface area (Å²) >= 11 is 0. The van der Waals surface area contributed by atoms with Crippen molar-refractivity contribution in [3.05, 3.63) is 65.2 Å². The lowest BCUT2D eigenvalue weighted by Gasteiger charge is -2.31. The van der Waals surface area contributed by atoms with Gasteiger partial charge in [-0.15, -0.1) is 0 Å². The molecular formula is C26H37N3O4S. The molecule has 186 valence electrons. The van der Waals surface area contributed by atoms with E-state index in [0.29, 0.717) is 12.2 Å². The lowest BCUT2D eigenvalue weighted by molar-refractivity contribution is -0.139. The van der Waals surface area contributed by atoms with Crippen LogP contribution >= 0.6 is 0 Å². The van der Waals surface area contributed by atoms with Gasteiger partial charge in [0.1, 0.15) is 12.6 Å². The van der Waals surface area contributed by atoms with Gasteiger partial charge in [-0.3, -0.25) is 13.9 Å². The first-order chi connectivity index (χ1) is 16.1. The van der Waals surface area contributed by atoms with Crippen LogP contribution in [0.5, 0.6) is 0 Å². The van der Waals surface area contributed by atoms with Gasteiger partial charge in [-0.05, 0) is 49.9 Å². The van der Waals surface area contributed by atoms with Crippen molar-refractivity contribution in [2.75, 3.05) is 23.7 Å². The van der Waals surface area contributed by atoms with Crippen molar-refractivity contribution in [3.8, 4) is 0 Å². The molecule has 2 amide bonds. The second kappa shape index (κ2) is 12.6. The molecule has 0 fully saturated rings. The van der Waals surface area contributed by atoms with Crippen molar-refractivity contribution in [2.45, 2.75) is 59.5 Å². The Labute approximate surface area is 204 Å². The zero-order chi connectivity index (χ0) is 25.3. The number of carbonyl (C=O) groups is 2. The van der Waals surface area contributed by atoms with E-state index in [9.17, 15) is 18.0 Å². The maximum absolute atomic E-state index is 13.5. The molecule has 0 saturated carbocycles. The van der Waals surface area contributed by atoms with E-state index in [2.05, 4.69) is 5.32 Å². The van der Waals surface area contributed by atoms with Gasteiger partial charge in [0.2, 0.25) is 21.8 Å². The van der Waals surface area contributed by atoms with Gasteiger partial charge >= 0.3 is 0 Å². The molecule has 1 N–H and O–H groups in total. The van der Waals surface area contributed by atoms with Crippen LogP contribution in [0, 0.1) is 6.92 Å². The first-order valence-electron chi connectivity index (χ1n) is 11.8. The Morgan fingerprint density at radius 1 is 1.03 bits per heavy atom. The topological polar surface area (TPSA) is 86.8 Å². The smallest absolute Gasteiger partial charge is 0.244 e. The fourth-order valence-corrected chi connectivity index (χ4v) is 4.49. The number of hydrogen-bond donors (Lipinski definition) is 1. The Balaban J connectivity index is 2.34. The van der Waals surface area contributed by atoms with Crippen LogP contribution in [0.3, 0.4) is 0 Å². The summed E-state index contributed by atoms with van der Waals surface area (Å²) in [5.74, 6) is -0.697. The maximum atomic E-state index is 13.5. The van der Waals surface area contributed by atoms with Crippen LogP contribution in [0.25, 0.3) is 0 Å². The van der Waals surface area contributed by atoms with Gasteiger partial charge in [0, 0.05) is 13.1 Å². The van der Waals surface area contributed by atoms with Crippen LogP contribution in [0.1, 0.15) is 50.3 Å². The Morgan fingerprint density at radius 3 is 2.26 bits per heavy atom. The van der Waals surface area contributed by atoms with Crippen LogP contribution in [-0.4, -0.2) is 50.5 Å². The number of carbonyl (C=O) groups excluding carboxylic acids is 2. The minimum atomic E-state index is -3.72. The summed E-state index contributed by atoms with van der Waals surface area (Å²) in [4.78, 5) is 27.8. The van der Waals surface area contributed by atoms with Gasteiger partial charge in [0.05, 0.1) is 11.9 Å². The number of hydrogen-bond acceptors (Lipinski definition) is 4. The van der Waals surface area contributed by atoms with Gasteiger partial charge in [0.15, 0.2) is 0 Å². The van der Waals surface area contributed by atoms with Gasteiger partial charge in [0.25, 0.3) is 0 Å². The van der Waals surface area contributed by atoms with E-state index < -0.39 is 22.0 Å². The fourth-order valence-electron chi connectivity index (χ4n) is 3.64. The molecule has 0 radical (unpaired) electrons. The quantitative estimate of drug-likeness (QED) is 0.463. The predicted octanol–water partition coefficient (Wildman–Crippen LogP) is 3.66. The third-order valence-corrected chi connectivity index (χ3v) is 6.88.